The minimum Gasteiger partial charge on any atom is -0.340 e. The molecule has 6 rings (SSSR count). The van der Waals surface area contributed by atoms with E-state index in [1.165, 1.54) is 29.5 Å². The third-order valence-corrected chi connectivity index (χ3v) is 6.45. The van der Waals surface area contributed by atoms with Crippen molar-refractivity contribution in [2.45, 2.75) is 38.0 Å². The van der Waals surface area contributed by atoms with Crippen LogP contribution in [0.2, 0.25) is 0 Å². The van der Waals surface area contributed by atoms with Gasteiger partial charge in [-0.25, -0.2) is 4.98 Å². The first-order valence-electron chi connectivity index (χ1n) is 10.7. The average Bonchev–Trinajstić information content (AvgIpc) is 3.36. The Balaban J connectivity index is 1.31. The largest absolute Gasteiger partial charge is 0.340 e. The highest BCUT2D eigenvalue weighted by molar-refractivity contribution is 5.69. The Hall–Kier alpha value is -3.03. The van der Waals surface area contributed by atoms with E-state index in [9.17, 15) is 0 Å². The molecule has 2 fully saturated rings. The first-order chi connectivity index (χ1) is 14.8. The fraction of sp³-hybridized carbons (Fsp3) is 0.348. The second kappa shape index (κ2) is 7.34. The van der Waals surface area contributed by atoms with Gasteiger partial charge in [-0.3, -0.25) is 4.98 Å². The van der Waals surface area contributed by atoms with E-state index in [1.54, 1.807) is 0 Å². The number of anilines is 3. The number of rotatable bonds is 4. The van der Waals surface area contributed by atoms with Gasteiger partial charge in [-0.1, -0.05) is 12.1 Å². The van der Waals surface area contributed by atoms with Gasteiger partial charge in [-0.15, -0.1) is 0 Å². The molecule has 5 heterocycles. The van der Waals surface area contributed by atoms with Gasteiger partial charge in [0.2, 0.25) is 5.95 Å². The Labute approximate surface area is 176 Å². The molecule has 7 nitrogen and oxygen atoms in total. The van der Waals surface area contributed by atoms with Gasteiger partial charge in [0.15, 0.2) is 0 Å². The predicted octanol–water partition coefficient (Wildman–Crippen LogP) is 2.83. The smallest absolute Gasteiger partial charge is 0.228 e. The lowest BCUT2D eigenvalue weighted by Crippen LogP contribution is -2.52. The highest BCUT2D eigenvalue weighted by Crippen LogP contribution is 2.34. The van der Waals surface area contributed by atoms with Crippen LogP contribution in [0, 0.1) is 0 Å². The predicted molar refractivity (Wildman–Crippen MR) is 118 cm³/mol. The third kappa shape index (κ3) is 3.11. The van der Waals surface area contributed by atoms with E-state index in [4.69, 9.17) is 9.97 Å². The van der Waals surface area contributed by atoms with Crippen molar-refractivity contribution < 1.29 is 0 Å². The van der Waals surface area contributed by atoms with Crippen LogP contribution in [-0.4, -0.2) is 40.1 Å². The van der Waals surface area contributed by atoms with E-state index in [-0.39, 0.29) is 0 Å². The number of fused-ring (bicyclic) bond motifs is 3. The maximum absolute atomic E-state index is 5.01. The number of nitrogens with one attached hydrogen (secondary N) is 3. The summed E-state index contributed by atoms with van der Waals surface area (Å²) in [7, 11) is 0. The molecular weight excluding hydrogens is 374 g/mol. The topological polar surface area (TPSA) is 78.0 Å². The van der Waals surface area contributed by atoms with Crippen molar-refractivity contribution in [2.24, 2.45) is 0 Å². The summed E-state index contributed by atoms with van der Waals surface area (Å²) in [6.07, 6.45) is 6.08. The van der Waals surface area contributed by atoms with Gasteiger partial charge >= 0.3 is 0 Å². The maximum Gasteiger partial charge on any atom is 0.228 e. The monoisotopic (exact) mass is 399 g/mol. The number of hydrogen-bond acceptors (Lipinski definition) is 7. The second-order valence-corrected chi connectivity index (χ2v) is 8.29. The van der Waals surface area contributed by atoms with Crippen LogP contribution in [0.1, 0.15) is 24.1 Å². The number of aromatic nitrogens is 3. The summed E-state index contributed by atoms with van der Waals surface area (Å²) in [5, 5.41) is 10.5. The molecule has 0 saturated carbocycles. The van der Waals surface area contributed by atoms with Crippen molar-refractivity contribution in [3.05, 3.63) is 60.0 Å². The van der Waals surface area contributed by atoms with E-state index in [0.717, 1.165) is 49.3 Å². The quantitative estimate of drug-likeness (QED) is 0.623. The lowest BCUT2D eigenvalue weighted by atomic mass is 10.1. The van der Waals surface area contributed by atoms with Crippen molar-refractivity contribution in [3.63, 3.8) is 0 Å². The Morgan fingerprint density at radius 1 is 0.833 bits per heavy atom. The molecule has 7 heteroatoms. The first kappa shape index (κ1) is 17.8. The van der Waals surface area contributed by atoms with Crippen LogP contribution >= 0.6 is 0 Å². The summed E-state index contributed by atoms with van der Waals surface area (Å²) in [6.45, 7) is 3.66. The van der Waals surface area contributed by atoms with Crippen LogP contribution in [0.5, 0.6) is 0 Å². The summed E-state index contributed by atoms with van der Waals surface area (Å²) >= 11 is 0. The maximum atomic E-state index is 5.01. The molecule has 2 bridgehead atoms. The standard InChI is InChI=1S/C23H25N7/c1-3-17(4-2-15(1)16-7-9-24-10-8-16)27-22-20-13-26-14-21(20)28-23(29-22)30-18-5-6-19(30)12-25-11-18/h1-4,7-10,18-19,25-26H,5-6,11-14H2,(H,27,28,29). The van der Waals surface area contributed by atoms with Gasteiger partial charge in [-0.05, 0) is 48.2 Å². The van der Waals surface area contributed by atoms with Gasteiger partial charge in [0, 0.05) is 61.9 Å². The van der Waals surface area contributed by atoms with E-state index in [0.29, 0.717) is 12.1 Å². The molecule has 3 aromatic rings. The zero-order chi connectivity index (χ0) is 19.9. The van der Waals surface area contributed by atoms with E-state index < -0.39 is 0 Å². The number of nitrogens with zero attached hydrogens (tertiary/aromatic N) is 4. The lowest BCUT2D eigenvalue weighted by molar-refractivity contribution is 0.476. The van der Waals surface area contributed by atoms with E-state index >= 15 is 0 Å². The summed E-state index contributed by atoms with van der Waals surface area (Å²) in [6, 6.07) is 13.6. The summed E-state index contributed by atoms with van der Waals surface area (Å²) in [5.74, 6) is 1.80. The van der Waals surface area contributed by atoms with E-state index in [2.05, 4.69) is 50.1 Å². The number of benzene rings is 1. The van der Waals surface area contributed by atoms with Gasteiger partial charge in [0.25, 0.3) is 0 Å². The van der Waals surface area contributed by atoms with Crippen LogP contribution in [0.3, 0.4) is 0 Å². The Bertz CT molecular complexity index is 1040. The summed E-state index contributed by atoms with van der Waals surface area (Å²) < 4.78 is 0. The van der Waals surface area contributed by atoms with Crippen LogP contribution < -0.4 is 20.9 Å². The molecule has 0 aliphatic carbocycles. The number of pyridine rings is 1. The normalized spacial score (nSPS) is 22.2. The lowest BCUT2D eigenvalue weighted by Gasteiger charge is -2.35. The average molecular weight is 400 g/mol. The van der Waals surface area contributed by atoms with E-state index in [1.807, 2.05) is 24.5 Å². The molecule has 0 amide bonds. The van der Waals surface area contributed by atoms with Crippen molar-refractivity contribution in [2.75, 3.05) is 23.3 Å². The third-order valence-electron chi connectivity index (χ3n) is 6.45. The number of piperazine rings is 1. The van der Waals surface area contributed by atoms with Crippen LogP contribution in [0.15, 0.2) is 48.8 Å². The van der Waals surface area contributed by atoms with Gasteiger partial charge in [0.05, 0.1) is 5.69 Å². The molecule has 2 aromatic heterocycles. The van der Waals surface area contributed by atoms with Crippen LogP contribution in [-0.2, 0) is 13.1 Å². The zero-order valence-corrected chi connectivity index (χ0v) is 16.8. The molecule has 3 aliphatic rings. The van der Waals surface area contributed by atoms with Crippen LogP contribution in [0.25, 0.3) is 11.1 Å². The minimum atomic E-state index is 0.503. The highest BCUT2D eigenvalue weighted by Gasteiger charge is 2.38. The molecule has 152 valence electrons. The Morgan fingerprint density at radius 2 is 1.57 bits per heavy atom. The molecule has 30 heavy (non-hydrogen) atoms. The van der Waals surface area contributed by atoms with Crippen molar-refractivity contribution in [1.82, 2.24) is 25.6 Å². The van der Waals surface area contributed by atoms with Gasteiger partial charge < -0.3 is 20.9 Å². The SMILES string of the molecule is c1cc(-c2ccc(Nc3nc(N4C5CCC4CNC5)nc4c3CNC4)cc2)ccn1. The van der Waals surface area contributed by atoms with Crippen molar-refractivity contribution in [1.29, 1.82) is 0 Å². The Morgan fingerprint density at radius 3 is 2.33 bits per heavy atom. The second-order valence-electron chi connectivity index (χ2n) is 8.29. The minimum absolute atomic E-state index is 0.503. The molecule has 1 aromatic carbocycles. The molecule has 0 spiro atoms. The Kier molecular flexibility index (Phi) is 4.35. The molecule has 2 atom stereocenters. The molecule has 2 unspecified atom stereocenters. The van der Waals surface area contributed by atoms with Crippen molar-refractivity contribution in [3.8, 4) is 11.1 Å². The fourth-order valence-electron chi connectivity index (χ4n) is 4.91. The molecule has 0 radical (unpaired) electrons. The molecule has 3 aliphatic heterocycles. The highest BCUT2D eigenvalue weighted by atomic mass is 15.4. The first-order valence-corrected chi connectivity index (χ1v) is 10.7. The van der Waals surface area contributed by atoms with Crippen LogP contribution in [0.4, 0.5) is 17.5 Å². The molecular formula is C23H25N7. The molecule has 3 N–H and O–H groups in total. The van der Waals surface area contributed by atoms with Crippen molar-refractivity contribution >= 4 is 17.5 Å². The van der Waals surface area contributed by atoms with Gasteiger partial charge in [-0.2, -0.15) is 4.98 Å². The van der Waals surface area contributed by atoms with Gasteiger partial charge in [0.1, 0.15) is 5.82 Å². The number of hydrogen-bond donors (Lipinski definition) is 3. The molecule has 2 saturated heterocycles. The summed E-state index contributed by atoms with van der Waals surface area (Å²) in [5.41, 5.74) is 5.68. The summed E-state index contributed by atoms with van der Waals surface area (Å²) in [4.78, 5) is 16.5. The fourth-order valence-corrected chi connectivity index (χ4v) is 4.91. The zero-order valence-electron chi connectivity index (χ0n) is 16.8.